The van der Waals surface area contributed by atoms with E-state index in [1.54, 1.807) is 23.7 Å². The smallest absolute Gasteiger partial charge is 0.243 e. The fourth-order valence-corrected chi connectivity index (χ4v) is 4.79. The highest BCUT2D eigenvalue weighted by molar-refractivity contribution is 7.89. The van der Waals surface area contributed by atoms with Crippen LogP contribution >= 0.6 is 11.3 Å². The standard InChI is InChI=1S/C16H18N4O4S2/c1-11-2-4-12(5-3-11)26(23,24)20-8-6-17-15(22)13(20)10-14(21)19-16-18-7-9-25-16/h2-5,7,9,13H,6,8,10H2,1H3,(H,17,22)(H,18,19,21)/t13-/m0/s1. The number of aromatic nitrogens is 1. The van der Waals surface area contributed by atoms with Gasteiger partial charge in [0.2, 0.25) is 21.8 Å². The van der Waals surface area contributed by atoms with E-state index in [1.807, 2.05) is 6.92 Å². The molecule has 138 valence electrons. The molecule has 0 spiro atoms. The van der Waals surface area contributed by atoms with Crippen LogP contribution in [0, 0.1) is 6.92 Å². The van der Waals surface area contributed by atoms with Crippen LogP contribution in [0.15, 0.2) is 40.7 Å². The lowest BCUT2D eigenvalue weighted by Gasteiger charge is -2.33. The number of carbonyl (C=O) groups excluding carboxylic acids is 2. The third-order valence-corrected chi connectivity index (χ3v) is 6.58. The van der Waals surface area contributed by atoms with Crippen LogP contribution < -0.4 is 10.6 Å². The molecule has 0 saturated carbocycles. The predicted octanol–water partition coefficient (Wildman–Crippen LogP) is 0.969. The lowest BCUT2D eigenvalue weighted by Crippen LogP contribution is -2.57. The summed E-state index contributed by atoms with van der Waals surface area (Å²) in [5, 5.41) is 7.30. The Kier molecular flexibility index (Phi) is 5.35. The number of anilines is 1. The lowest BCUT2D eigenvalue weighted by atomic mass is 10.1. The molecule has 8 nitrogen and oxygen atoms in total. The molecule has 1 aromatic carbocycles. The van der Waals surface area contributed by atoms with E-state index in [9.17, 15) is 18.0 Å². The van der Waals surface area contributed by atoms with Gasteiger partial charge in [-0.1, -0.05) is 17.7 Å². The summed E-state index contributed by atoms with van der Waals surface area (Å²) >= 11 is 1.24. The molecular formula is C16H18N4O4S2. The number of sulfonamides is 1. The zero-order valence-electron chi connectivity index (χ0n) is 14.0. The molecule has 2 aromatic rings. The number of hydrogen-bond donors (Lipinski definition) is 2. The van der Waals surface area contributed by atoms with Crippen LogP contribution in [0.25, 0.3) is 0 Å². The van der Waals surface area contributed by atoms with Gasteiger partial charge in [-0.15, -0.1) is 11.3 Å². The van der Waals surface area contributed by atoms with Crippen LogP contribution in [0.1, 0.15) is 12.0 Å². The second-order valence-corrected chi connectivity index (χ2v) is 8.61. The van der Waals surface area contributed by atoms with Gasteiger partial charge in [0, 0.05) is 24.7 Å². The summed E-state index contributed by atoms with van der Waals surface area (Å²) < 4.78 is 27.0. The Morgan fingerprint density at radius 1 is 1.38 bits per heavy atom. The van der Waals surface area contributed by atoms with Gasteiger partial charge >= 0.3 is 0 Å². The number of thiazole rings is 1. The molecule has 1 fully saturated rings. The normalized spacial score (nSPS) is 18.3. The van der Waals surface area contributed by atoms with Gasteiger partial charge in [-0.3, -0.25) is 9.59 Å². The quantitative estimate of drug-likeness (QED) is 0.786. The molecule has 10 heteroatoms. The molecule has 1 atom stereocenters. The minimum absolute atomic E-state index is 0.100. The third-order valence-electron chi connectivity index (χ3n) is 3.97. The number of amides is 2. The highest BCUT2D eigenvalue weighted by atomic mass is 32.2. The van der Waals surface area contributed by atoms with Crippen molar-refractivity contribution < 1.29 is 18.0 Å². The van der Waals surface area contributed by atoms with Crippen molar-refractivity contribution in [2.24, 2.45) is 0 Å². The zero-order valence-corrected chi connectivity index (χ0v) is 15.6. The minimum Gasteiger partial charge on any atom is -0.353 e. The van der Waals surface area contributed by atoms with E-state index in [1.165, 1.54) is 23.5 Å². The van der Waals surface area contributed by atoms with Crippen molar-refractivity contribution in [3.05, 3.63) is 41.4 Å². The van der Waals surface area contributed by atoms with Gasteiger partial charge in [-0.05, 0) is 19.1 Å². The Hall–Kier alpha value is -2.30. The maximum atomic E-state index is 13.0. The molecule has 1 saturated heterocycles. The van der Waals surface area contributed by atoms with Gasteiger partial charge < -0.3 is 10.6 Å². The predicted molar refractivity (Wildman–Crippen MR) is 97.2 cm³/mol. The van der Waals surface area contributed by atoms with Crippen molar-refractivity contribution >= 4 is 38.3 Å². The molecule has 0 aliphatic carbocycles. The van der Waals surface area contributed by atoms with Gasteiger partial charge in [0.05, 0.1) is 11.3 Å². The van der Waals surface area contributed by atoms with E-state index >= 15 is 0 Å². The van der Waals surface area contributed by atoms with Gasteiger partial charge in [-0.2, -0.15) is 4.31 Å². The van der Waals surface area contributed by atoms with Crippen LogP contribution in [-0.4, -0.2) is 48.7 Å². The molecule has 1 aliphatic heterocycles. The van der Waals surface area contributed by atoms with Gasteiger partial charge in [-0.25, -0.2) is 13.4 Å². The second-order valence-electron chi connectivity index (χ2n) is 5.83. The van der Waals surface area contributed by atoms with E-state index in [0.29, 0.717) is 5.13 Å². The molecule has 0 radical (unpaired) electrons. The number of benzene rings is 1. The fraction of sp³-hybridized carbons (Fsp3) is 0.312. The Balaban J connectivity index is 1.82. The molecule has 0 bridgehead atoms. The van der Waals surface area contributed by atoms with Gasteiger partial charge in [0.1, 0.15) is 6.04 Å². The first-order chi connectivity index (χ1) is 12.4. The van der Waals surface area contributed by atoms with Crippen molar-refractivity contribution in [3.8, 4) is 0 Å². The van der Waals surface area contributed by atoms with Crippen LogP contribution in [0.4, 0.5) is 5.13 Å². The van der Waals surface area contributed by atoms with Gasteiger partial charge in [0.25, 0.3) is 0 Å². The third kappa shape index (κ3) is 3.92. The van der Waals surface area contributed by atoms with Crippen LogP contribution in [-0.2, 0) is 19.6 Å². The van der Waals surface area contributed by atoms with Crippen LogP contribution in [0.5, 0.6) is 0 Å². The van der Waals surface area contributed by atoms with E-state index in [4.69, 9.17) is 0 Å². The number of nitrogens with zero attached hydrogens (tertiary/aromatic N) is 2. The zero-order chi connectivity index (χ0) is 18.7. The van der Waals surface area contributed by atoms with Crippen LogP contribution in [0.2, 0.25) is 0 Å². The van der Waals surface area contributed by atoms with E-state index in [0.717, 1.165) is 9.87 Å². The second kappa shape index (κ2) is 7.52. The van der Waals surface area contributed by atoms with Crippen molar-refractivity contribution in [1.82, 2.24) is 14.6 Å². The average Bonchev–Trinajstić information content (AvgIpc) is 3.10. The lowest BCUT2D eigenvalue weighted by molar-refractivity contribution is -0.130. The van der Waals surface area contributed by atoms with Crippen LogP contribution in [0.3, 0.4) is 0 Å². The Morgan fingerprint density at radius 3 is 2.77 bits per heavy atom. The largest absolute Gasteiger partial charge is 0.353 e. The number of rotatable bonds is 5. The topological polar surface area (TPSA) is 108 Å². The SMILES string of the molecule is Cc1ccc(S(=O)(=O)N2CCNC(=O)[C@@H]2CC(=O)Nc2nccs2)cc1. The minimum atomic E-state index is -3.89. The molecule has 2 heterocycles. The van der Waals surface area contributed by atoms with E-state index in [-0.39, 0.29) is 24.4 Å². The summed E-state index contributed by atoms with van der Waals surface area (Å²) in [7, 11) is -3.89. The number of carbonyl (C=O) groups is 2. The number of nitrogens with one attached hydrogen (secondary N) is 2. The maximum absolute atomic E-state index is 13.0. The van der Waals surface area contributed by atoms with E-state index in [2.05, 4.69) is 15.6 Å². The number of piperazine rings is 1. The molecule has 1 aromatic heterocycles. The monoisotopic (exact) mass is 394 g/mol. The highest BCUT2D eigenvalue weighted by Crippen LogP contribution is 2.22. The first-order valence-electron chi connectivity index (χ1n) is 7.93. The number of hydrogen-bond acceptors (Lipinski definition) is 6. The van der Waals surface area contributed by atoms with Crippen molar-refractivity contribution in [2.75, 3.05) is 18.4 Å². The van der Waals surface area contributed by atoms with Crippen molar-refractivity contribution in [3.63, 3.8) is 0 Å². The number of aryl methyl sites for hydroxylation is 1. The summed E-state index contributed by atoms with van der Waals surface area (Å²) in [5.74, 6) is -0.952. The molecule has 1 aliphatic rings. The molecule has 3 rings (SSSR count). The van der Waals surface area contributed by atoms with E-state index < -0.39 is 27.9 Å². The molecule has 2 N–H and O–H groups in total. The summed E-state index contributed by atoms with van der Waals surface area (Å²) in [6.45, 7) is 2.17. The summed E-state index contributed by atoms with van der Waals surface area (Å²) in [5.41, 5.74) is 0.930. The Labute approximate surface area is 155 Å². The van der Waals surface area contributed by atoms with Crippen molar-refractivity contribution in [2.45, 2.75) is 24.3 Å². The molecule has 26 heavy (non-hydrogen) atoms. The first kappa shape index (κ1) is 18.5. The molecule has 0 unspecified atom stereocenters. The summed E-state index contributed by atoms with van der Waals surface area (Å²) in [6.07, 6.45) is 1.26. The maximum Gasteiger partial charge on any atom is 0.243 e. The summed E-state index contributed by atoms with van der Waals surface area (Å²) in [4.78, 5) is 28.5. The fourth-order valence-electron chi connectivity index (χ4n) is 2.65. The average molecular weight is 394 g/mol. The van der Waals surface area contributed by atoms with Gasteiger partial charge in [0.15, 0.2) is 5.13 Å². The first-order valence-corrected chi connectivity index (χ1v) is 10.3. The molecular weight excluding hydrogens is 376 g/mol. The Bertz CT molecular complexity index is 895. The molecule has 2 amide bonds. The summed E-state index contributed by atoms with van der Waals surface area (Å²) in [6, 6.07) is 5.30. The highest BCUT2D eigenvalue weighted by Gasteiger charge is 2.39. The van der Waals surface area contributed by atoms with Crippen molar-refractivity contribution in [1.29, 1.82) is 0 Å². The Morgan fingerprint density at radius 2 is 2.12 bits per heavy atom.